The van der Waals surface area contributed by atoms with Gasteiger partial charge in [0.1, 0.15) is 6.10 Å². The van der Waals surface area contributed by atoms with Gasteiger partial charge in [-0.1, -0.05) is 26.2 Å². The number of carbonyl (C=O) groups is 1. The van der Waals surface area contributed by atoms with Gasteiger partial charge in [0.25, 0.3) is 0 Å². The number of hydrogen-bond acceptors (Lipinski definition) is 3. The zero-order chi connectivity index (χ0) is 15.4. The Morgan fingerprint density at radius 1 is 1.20 bits per heavy atom. The summed E-state index contributed by atoms with van der Waals surface area (Å²) in [6.07, 6.45) is 7.08. The molecular weight excluding hydrogens is 252 g/mol. The summed E-state index contributed by atoms with van der Waals surface area (Å²) in [4.78, 5) is 12.3. The van der Waals surface area contributed by atoms with Crippen LogP contribution in [0.25, 0.3) is 0 Å². The minimum absolute atomic E-state index is 0.125. The number of rotatable bonds is 6. The maximum absolute atomic E-state index is 12.3. The molecule has 0 radical (unpaired) electrons. The monoisotopic (exact) mass is 284 g/mol. The standard InChI is InChI=1S/C17H32O3/c1-6-16(2,3)15(18)20-14(12-17(4,5)19)13-10-8-7-9-11-13/h13-14,19H,6-12H2,1-5H3. The molecule has 1 aliphatic rings. The average molecular weight is 284 g/mol. The minimum atomic E-state index is -0.793. The molecule has 3 nitrogen and oxygen atoms in total. The lowest BCUT2D eigenvalue weighted by atomic mass is 9.81. The van der Waals surface area contributed by atoms with Gasteiger partial charge in [-0.15, -0.1) is 0 Å². The molecule has 0 amide bonds. The van der Waals surface area contributed by atoms with Crippen molar-refractivity contribution in [3.8, 4) is 0 Å². The van der Waals surface area contributed by atoms with Gasteiger partial charge >= 0.3 is 5.97 Å². The van der Waals surface area contributed by atoms with Gasteiger partial charge in [0.05, 0.1) is 11.0 Å². The van der Waals surface area contributed by atoms with E-state index in [4.69, 9.17) is 4.74 Å². The first-order chi connectivity index (χ1) is 9.15. The number of ether oxygens (including phenoxy) is 1. The second-order valence-corrected chi connectivity index (χ2v) is 7.60. The van der Waals surface area contributed by atoms with Crippen LogP contribution in [-0.4, -0.2) is 22.8 Å². The van der Waals surface area contributed by atoms with E-state index < -0.39 is 11.0 Å². The van der Waals surface area contributed by atoms with Crippen molar-refractivity contribution in [2.75, 3.05) is 0 Å². The Morgan fingerprint density at radius 3 is 2.20 bits per heavy atom. The van der Waals surface area contributed by atoms with Gasteiger partial charge in [-0.05, 0) is 52.9 Å². The first kappa shape index (κ1) is 17.5. The summed E-state index contributed by atoms with van der Waals surface area (Å²) in [5.41, 5.74) is -1.23. The molecule has 1 atom stereocenters. The molecule has 0 aromatic carbocycles. The van der Waals surface area contributed by atoms with E-state index in [0.717, 1.165) is 19.3 Å². The van der Waals surface area contributed by atoms with Gasteiger partial charge in [0, 0.05) is 6.42 Å². The van der Waals surface area contributed by atoms with Crippen molar-refractivity contribution in [1.82, 2.24) is 0 Å². The SMILES string of the molecule is CCC(C)(C)C(=O)OC(CC(C)(C)O)C1CCCCC1. The first-order valence-electron chi connectivity index (χ1n) is 8.09. The Hall–Kier alpha value is -0.570. The Labute approximate surface area is 124 Å². The predicted octanol–water partition coefficient (Wildman–Crippen LogP) is 4.08. The summed E-state index contributed by atoms with van der Waals surface area (Å²) in [6, 6.07) is 0. The van der Waals surface area contributed by atoms with Crippen LogP contribution in [0.2, 0.25) is 0 Å². The Morgan fingerprint density at radius 2 is 1.75 bits per heavy atom. The van der Waals surface area contributed by atoms with Gasteiger partial charge in [-0.25, -0.2) is 0 Å². The first-order valence-corrected chi connectivity index (χ1v) is 8.09. The van der Waals surface area contributed by atoms with Gasteiger partial charge in [-0.2, -0.15) is 0 Å². The fraction of sp³-hybridized carbons (Fsp3) is 0.941. The number of esters is 1. The highest BCUT2D eigenvalue weighted by Gasteiger charge is 2.35. The zero-order valence-electron chi connectivity index (χ0n) is 13.9. The van der Waals surface area contributed by atoms with Crippen LogP contribution < -0.4 is 0 Å². The maximum atomic E-state index is 12.3. The van der Waals surface area contributed by atoms with Gasteiger partial charge in [0.2, 0.25) is 0 Å². The van der Waals surface area contributed by atoms with Crippen LogP contribution in [0.3, 0.4) is 0 Å². The van der Waals surface area contributed by atoms with Crippen molar-refractivity contribution >= 4 is 5.97 Å². The van der Waals surface area contributed by atoms with Crippen LogP contribution in [0.15, 0.2) is 0 Å². The molecule has 118 valence electrons. The molecule has 0 saturated heterocycles. The molecule has 0 aliphatic heterocycles. The van der Waals surface area contributed by atoms with E-state index >= 15 is 0 Å². The zero-order valence-corrected chi connectivity index (χ0v) is 13.9. The highest BCUT2D eigenvalue weighted by atomic mass is 16.5. The second kappa shape index (κ2) is 6.93. The quantitative estimate of drug-likeness (QED) is 0.748. The Balaban J connectivity index is 2.74. The lowest BCUT2D eigenvalue weighted by Crippen LogP contribution is -2.39. The van der Waals surface area contributed by atoms with Crippen molar-refractivity contribution in [3.63, 3.8) is 0 Å². The maximum Gasteiger partial charge on any atom is 0.311 e. The summed E-state index contributed by atoms with van der Waals surface area (Å²) < 4.78 is 5.82. The molecule has 1 aliphatic carbocycles. The van der Waals surface area contributed by atoms with E-state index in [1.807, 2.05) is 20.8 Å². The number of carbonyl (C=O) groups excluding carboxylic acids is 1. The lowest BCUT2D eigenvalue weighted by Gasteiger charge is -2.35. The average Bonchev–Trinajstić information content (AvgIpc) is 2.37. The molecule has 1 N–H and O–H groups in total. The van der Waals surface area contributed by atoms with Crippen LogP contribution in [-0.2, 0) is 9.53 Å². The van der Waals surface area contributed by atoms with E-state index in [0.29, 0.717) is 12.3 Å². The summed E-state index contributed by atoms with van der Waals surface area (Å²) in [5, 5.41) is 10.1. The van der Waals surface area contributed by atoms with Crippen molar-refractivity contribution in [2.45, 2.75) is 91.3 Å². The van der Waals surface area contributed by atoms with Gasteiger partial charge < -0.3 is 9.84 Å². The Kier molecular flexibility index (Phi) is 6.06. The third-order valence-electron chi connectivity index (χ3n) is 4.57. The molecule has 0 heterocycles. The lowest BCUT2D eigenvalue weighted by molar-refractivity contribution is -0.166. The van der Waals surface area contributed by atoms with E-state index in [9.17, 15) is 9.90 Å². The molecule has 1 rings (SSSR count). The molecule has 1 unspecified atom stereocenters. The highest BCUT2D eigenvalue weighted by molar-refractivity contribution is 5.76. The van der Waals surface area contributed by atoms with Crippen molar-refractivity contribution in [2.24, 2.45) is 11.3 Å². The summed E-state index contributed by atoms with van der Waals surface area (Å²) >= 11 is 0. The highest BCUT2D eigenvalue weighted by Crippen LogP contribution is 2.33. The number of aliphatic hydroxyl groups is 1. The molecule has 20 heavy (non-hydrogen) atoms. The Bertz CT molecular complexity index is 309. The molecule has 0 aromatic heterocycles. The van der Waals surface area contributed by atoms with Crippen molar-refractivity contribution in [3.05, 3.63) is 0 Å². The molecule has 1 fully saturated rings. The number of hydrogen-bond donors (Lipinski definition) is 1. The summed E-state index contributed by atoms with van der Waals surface area (Å²) in [7, 11) is 0. The molecule has 0 spiro atoms. The van der Waals surface area contributed by atoms with E-state index in [-0.39, 0.29) is 12.1 Å². The van der Waals surface area contributed by atoms with Crippen molar-refractivity contribution in [1.29, 1.82) is 0 Å². The van der Waals surface area contributed by atoms with Crippen LogP contribution in [0.5, 0.6) is 0 Å². The van der Waals surface area contributed by atoms with Gasteiger partial charge in [-0.3, -0.25) is 4.79 Å². The normalized spacial score (nSPS) is 19.7. The summed E-state index contributed by atoms with van der Waals surface area (Å²) in [5.74, 6) is 0.284. The minimum Gasteiger partial charge on any atom is -0.462 e. The van der Waals surface area contributed by atoms with E-state index in [1.165, 1.54) is 19.3 Å². The smallest absolute Gasteiger partial charge is 0.311 e. The van der Waals surface area contributed by atoms with E-state index in [1.54, 1.807) is 13.8 Å². The third-order valence-corrected chi connectivity index (χ3v) is 4.57. The predicted molar refractivity (Wildman–Crippen MR) is 81.4 cm³/mol. The third kappa shape index (κ3) is 5.43. The second-order valence-electron chi connectivity index (χ2n) is 7.60. The molecule has 1 saturated carbocycles. The van der Waals surface area contributed by atoms with Crippen LogP contribution in [0.4, 0.5) is 0 Å². The van der Waals surface area contributed by atoms with E-state index in [2.05, 4.69) is 0 Å². The van der Waals surface area contributed by atoms with Gasteiger partial charge in [0.15, 0.2) is 0 Å². The topological polar surface area (TPSA) is 46.5 Å². The van der Waals surface area contributed by atoms with Crippen LogP contribution in [0, 0.1) is 11.3 Å². The molecular formula is C17H32O3. The molecule has 0 bridgehead atoms. The largest absolute Gasteiger partial charge is 0.462 e. The summed E-state index contributed by atoms with van der Waals surface area (Å²) in [6.45, 7) is 9.45. The van der Waals surface area contributed by atoms with Crippen molar-refractivity contribution < 1.29 is 14.6 Å². The van der Waals surface area contributed by atoms with Crippen LogP contribution >= 0.6 is 0 Å². The molecule has 0 aromatic rings. The fourth-order valence-corrected chi connectivity index (χ4v) is 2.74. The fourth-order valence-electron chi connectivity index (χ4n) is 2.74. The van der Waals surface area contributed by atoms with Crippen LogP contribution in [0.1, 0.15) is 79.6 Å². The molecule has 3 heteroatoms.